The van der Waals surface area contributed by atoms with Crippen LogP contribution in [-0.2, 0) is 4.74 Å². The summed E-state index contributed by atoms with van der Waals surface area (Å²) in [6.07, 6.45) is 1.54. The number of hydrogen-bond donors (Lipinski definition) is 2. The Bertz CT molecular complexity index is 432. The van der Waals surface area contributed by atoms with E-state index in [1.54, 1.807) is 6.07 Å². The summed E-state index contributed by atoms with van der Waals surface area (Å²) in [4.78, 5) is 0. The third-order valence-corrected chi connectivity index (χ3v) is 4.20. The van der Waals surface area contributed by atoms with Crippen molar-refractivity contribution in [1.82, 2.24) is 5.32 Å². The van der Waals surface area contributed by atoms with E-state index in [9.17, 15) is 9.50 Å². The lowest BCUT2D eigenvalue weighted by molar-refractivity contribution is 0.0536. The monoisotopic (exact) mass is 281 g/mol. The summed E-state index contributed by atoms with van der Waals surface area (Å²) in [6.45, 7) is 6.13. The first-order valence-electron chi connectivity index (χ1n) is 7.33. The van der Waals surface area contributed by atoms with Gasteiger partial charge in [-0.1, -0.05) is 6.07 Å². The highest BCUT2D eigenvalue weighted by atomic mass is 19.1. The molecule has 0 spiro atoms. The van der Waals surface area contributed by atoms with E-state index in [2.05, 4.69) is 12.2 Å². The molecule has 1 fully saturated rings. The average Bonchev–Trinajstić information content (AvgIpc) is 2.45. The van der Waals surface area contributed by atoms with Crippen molar-refractivity contribution in [3.63, 3.8) is 0 Å². The first kappa shape index (κ1) is 15.4. The molecule has 0 aromatic heterocycles. The van der Waals surface area contributed by atoms with E-state index in [0.717, 1.165) is 37.2 Å². The van der Waals surface area contributed by atoms with E-state index in [1.807, 2.05) is 6.92 Å². The van der Waals surface area contributed by atoms with Crippen LogP contribution in [0.25, 0.3) is 0 Å². The van der Waals surface area contributed by atoms with Gasteiger partial charge in [-0.2, -0.15) is 0 Å². The summed E-state index contributed by atoms with van der Waals surface area (Å²) in [7, 11) is 0. The van der Waals surface area contributed by atoms with Crippen LogP contribution in [0.15, 0.2) is 18.2 Å². The van der Waals surface area contributed by atoms with E-state index in [-0.39, 0.29) is 5.82 Å². The van der Waals surface area contributed by atoms with Crippen molar-refractivity contribution in [2.45, 2.75) is 38.8 Å². The van der Waals surface area contributed by atoms with Crippen LogP contribution < -0.4 is 5.32 Å². The highest BCUT2D eigenvalue weighted by Gasteiger charge is 2.21. The molecule has 1 aromatic carbocycles. The van der Waals surface area contributed by atoms with Gasteiger partial charge in [-0.3, -0.25) is 0 Å². The quantitative estimate of drug-likeness (QED) is 0.871. The van der Waals surface area contributed by atoms with E-state index >= 15 is 0 Å². The van der Waals surface area contributed by atoms with Crippen molar-refractivity contribution in [3.8, 4) is 0 Å². The number of hydrogen-bond acceptors (Lipinski definition) is 3. The Labute approximate surface area is 120 Å². The van der Waals surface area contributed by atoms with Crippen LogP contribution in [0.2, 0.25) is 0 Å². The Morgan fingerprint density at radius 2 is 2.10 bits per heavy atom. The molecule has 0 radical (unpaired) electrons. The molecule has 1 aliphatic rings. The fourth-order valence-electron chi connectivity index (χ4n) is 2.80. The molecule has 2 unspecified atom stereocenters. The number of aliphatic hydroxyl groups excluding tert-OH is 1. The van der Waals surface area contributed by atoms with Crippen LogP contribution in [0, 0.1) is 18.7 Å². The standard InChI is InChI=1S/C16H24FNO2/c1-11-9-14(17)3-4-15(11)16(19)10-18-12(2)13-5-7-20-8-6-13/h3-4,9,12-13,16,18-19H,5-8,10H2,1-2H3. The fourth-order valence-corrected chi connectivity index (χ4v) is 2.80. The van der Waals surface area contributed by atoms with Crippen LogP contribution in [0.1, 0.15) is 37.0 Å². The van der Waals surface area contributed by atoms with Gasteiger partial charge < -0.3 is 15.2 Å². The zero-order chi connectivity index (χ0) is 14.5. The molecule has 112 valence electrons. The molecule has 3 nitrogen and oxygen atoms in total. The molecule has 0 amide bonds. The van der Waals surface area contributed by atoms with E-state index < -0.39 is 6.10 Å². The predicted molar refractivity (Wildman–Crippen MR) is 77.1 cm³/mol. The second-order valence-electron chi connectivity index (χ2n) is 5.66. The SMILES string of the molecule is Cc1cc(F)ccc1C(O)CNC(C)C1CCOCC1. The number of ether oxygens (including phenoxy) is 1. The number of nitrogens with one attached hydrogen (secondary N) is 1. The van der Waals surface area contributed by atoms with Crippen LogP contribution >= 0.6 is 0 Å². The van der Waals surface area contributed by atoms with Crippen LogP contribution in [0.3, 0.4) is 0 Å². The molecule has 0 bridgehead atoms. The number of aryl methyl sites for hydroxylation is 1. The van der Waals surface area contributed by atoms with Crippen LogP contribution in [0.4, 0.5) is 4.39 Å². The van der Waals surface area contributed by atoms with E-state index in [4.69, 9.17) is 4.74 Å². The highest BCUT2D eigenvalue weighted by Crippen LogP contribution is 2.21. The van der Waals surface area contributed by atoms with Crippen molar-refractivity contribution in [3.05, 3.63) is 35.1 Å². The molecular formula is C16H24FNO2. The minimum atomic E-state index is -0.599. The lowest BCUT2D eigenvalue weighted by Gasteiger charge is -2.29. The van der Waals surface area contributed by atoms with Crippen LogP contribution in [0.5, 0.6) is 0 Å². The normalized spacial score (nSPS) is 19.8. The van der Waals surface area contributed by atoms with Crippen molar-refractivity contribution < 1.29 is 14.2 Å². The molecule has 0 aliphatic carbocycles. The molecule has 1 saturated heterocycles. The minimum Gasteiger partial charge on any atom is -0.387 e. The van der Waals surface area contributed by atoms with Crippen molar-refractivity contribution in [2.75, 3.05) is 19.8 Å². The molecular weight excluding hydrogens is 257 g/mol. The van der Waals surface area contributed by atoms with Gasteiger partial charge in [-0.25, -0.2) is 4.39 Å². The Kier molecular flexibility index (Phi) is 5.52. The van der Waals surface area contributed by atoms with Gasteiger partial charge in [0.05, 0.1) is 6.10 Å². The molecule has 1 heterocycles. The summed E-state index contributed by atoms with van der Waals surface area (Å²) in [5.74, 6) is 0.340. The minimum absolute atomic E-state index is 0.262. The topological polar surface area (TPSA) is 41.5 Å². The van der Waals surface area contributed by atoms with Crippen molar-refractivity contribution >= 4 is 0 Å². The van der Waals surface area contributed by atoms with Gasteiger partial charge in [0.2, 0.25) is 0 Å². The maximum atomic E-state index is 13.1. The Morgan fingerprint density at radius 3 is 2.75 bits per heavy atom. The largest absolute Gasteiger partial charge is 0.387 e. The Balaban J connectivity index is 1.86. The molecule has 2 rings (SSSR count). The predicted octanol–water partition coefficient (Wildman–Crippen LogP) is 2.57. The number of aliphatic hydroxyl groups is 1. The Hall–Kier alpha value is -0.970. The average molecular weight is 281 g/mol. The zero-order valence-electron chi connectivity index (χ0n) is 12.2. The summed E-state index contributed by atoms with van der Waals surface area (Å²) >= 11 is 0. The van der Waals surface area contributed by atoms with Gasteiger partial charge in [-0.05, 0) is 55.9 Å². The first-order chi connectivity index (χ1) is 9.58. The van der Waals surface area contributed by atoms with Gasteiger partial charge >= 0.3 is 0 Å². The van der Waals surface area contributed by atoms with Gasteiger partial charge in [0, 0.05) is 25.8 Å². The molecule has 2 N–H and O–H groups in total. The lowest BCUT2D eigenvalue weighted by atomic mass is 9.92. The first-order valence-corrected chi connectivity index (χ1v) is 7.33. The Morgan fingerprint density at radius 1 is 1.40 bits per heavy atom. The maximum absolute atomic E-state index is 13.1. The van der Waals surface area contributed by atoms with Gasteiger partial charge in [-0.15, -0.1) is 0 Å². The zero-order valence-corrected chi connectivity index (χ0v) is 12.2. The van der Waals surface area contributed by atoms with E-state index in [1.165, 1.54) is 12.1 Å². The third-order valence-electron chi connectivity index (χ3n) is 4.20. The summed E-state index contributed by atoms with van der Waals surface area (Å²) in [6, 6.07) is 4.87. The van der Waals surface area contributed by atoms with Crippen molar-refractivity contribution in [1.29, 1.82) is 0 Å². The maximum Gasteiger partial charge on any atom is 0.123 e. The molecule has 4 heteroatoms. The molecule has 1 aliphatic heterocycles. The smallest absolute Gasteiger partial charge is 0.123 e. The molecule has 2 atom stereocenters. The summed E-state index contributed by atoms with van der Waals surface area (Å²) in [5.41, 5.74) is 1.58. The molecule has 1 aromatic rings. The van der Waals surface area contributed by atoms with Gasteiger partial charge in [0.25, 0.3) is 0 Å². The van der Waals surface area contributed by atoms with Gasteiger partial charge in [0.1, 0.15) is 5.82 Å². The third kappa shape index (κ3) is 4.01. The number of benzene rings is 1. The van der Waals surface area contributed by atoms with Crippen LogP contribution in [-0.4, -0.2) is 30.9 Å². The van der Waals surface area contributed by atoms with E-state index in [0.29, 0.717) is 18.5 Å². The second-order valence-corrected chi connectivity index (χ2v) is 5.66. The summed E-state index contributed by atoms with van der Waals surface area (Å²) < 4.78 is 18.4. The number of rotatable bonds is 5. The summed E-state index contributed by atoms with van der Waals surface area (Å²) in [5, 5.41) is 13.6. The van der Waals surface area contributed by atoms with Gasteiger partial charge in [0.15, 0.2) is 0 Å². The lowest BCUT2D eigenvalue weighted by Crippen LogP contribution is -2.38. The molecule has 0 saturated carbocycles. The molecule has 20 heavy (non-hydrogen) atoms. The second kappa shape index (κ2) is 7.16. The highest BCUT2D eigenvalue weighted by molar-refractivity contribution is 5.28. The number of halogens is 1. The fraction of sp³-hybridized carbons (Fsp3) is 0.625. The van der Waals surface area contributed by atoms with Crippen molar-refractivity contribution in [2.24, 2.45) is 5.92 Å².